The highest BCUT2D eigenvalue weighted by Gasteiger charge is 2.24. The maximum atomic E-state index is 12.6. The molecule has 0 aliphatic heterocycles. The summed E-state index contributed by atoms with van der Waals surface area (Å²) in [5.41, 5.74) is 1.13. The van der Waals surface area contributed by atoms with Gasteiger partial charge in [-0.15, -0.1) is 0 Å². The summed E-state index contributed by atoms with van der Waals surface area (Å²) in [5.74, 6) is -1.07. The number of anilines is 2. The molecule has 1 amide bonds. The molecule has 0 radical (unpaired) electrons. The summed E-state index contributed by atoms with van der Waals surface area (Å²) in [6, 6.07) is 8.84. The molecule has 160 valence electrons. The Balaban J connectivity index is 2.18. The third-order valence-electron chi connectivity index (χ3n) is 4.13. The number of esters is 1. The highest BCUT2D eigenvalue weighted by Crippen LogP contribution is 2.26. The summed E-state index contributed by atoms with van der Waals surface area (Å²) in [4.78, 5) is 35.5. The van der Waals surface area contributed by atoms with Crippen molar-refractivity contribution in [3.05, 3.63) is 57.6 Å². The monoisotopic (exact) mass is 417 g/mol. The van der Waals surface area contributed by atoms with Gasteiger partial charge in [-0.1, -0.05) is 6.07 Å². The van der Waals surface area contributed by atoms with Gasteiger partial charge in [-0.05, 0) is 37.6 Å². The number of rotatable bonds is 9. The molecule has 30 heavy (non-hydrogen) atoms. The summed E-state index contributed by atoms with van der Waals surface area (Å²) in [5, 5.41) is 25.4. The molecule has 2 rings (SSSR count). The van der Waals surface area contributed by atoms with Crippen LogP contribution in [0.4, 0.5) is 17.1 Å². The smallest absolute Gasteiger partial charge is 0.341 e. The molecule has 0 aliphatic rings. The van der Waals surface area contributed by atoms with E-state index in [4.69, 9.17) is 14.6 Å². The zero-order valence-corrected chi connectivity index (χ0v) is 16.8. The number of methoxy groups -OCH3 is 1. The van der Waals surface area contributed by atoms with Gasteiger partial charge in [0, 0.05) is 24.4 Å². The number of carbonyl (C=O) groups excluding carboxylic acids is 2. The molecule has 0 saturated heterocycles. The van der Waals surface area contributed by atoms with Crippen LogP contribution in [0.15, 0.2) is 36.4 Å². The highest BCUT2D eigenvalue weighted by molar-refractivity contribution is 6.00. The topological polar surface area (TPSA) is 140 Å². The Hall–Kier alpha value is -3.66. The number of aliphatic hydroxyl groups is 1. The number of hydrogen-bond donors (Lipinski definition) is 3. The predicted molar refractivity (Wildman–Crippen MR) is 110 cm³/mol. The summed E-state index contributed by atoms with van der Waals surface area (Å²) in [6.45, 7) is 3.15. The number of ether oxygens (including phenoxy) is 2. The first-order chi connectivity index (χ1) is 14.3. The van der Waals surface area contributed by atoms with Crippen LogP contribution in [0.25, 0.3) is 0 Å². The van der Waals surface area contributed by atoms with E-state index in [1.807, 2.05) is 13.0 Å². The van der Waals surface area contributed by atoms with E-state index in [0.29, 0.717) is 11.4 Å². The number of non-ortho nitro benzene ring substituents is 1. The zero-order valence-electron chi connectivity index (χ0n) is 16.8. The zero-order chi connectivity index (χ0) is 22.3. The van der Waals surface area contributed by atoms with Crippen LogP contribution in [-0.4, -0.2) is 48.3 Å². The maximum Gasteiger partial charge on any atom is 0.341 e. The lowest BCUT2D eigenvalue weighted by molar-refractivity contribution is -0.384. The Labute approximate surface area is 173 Å². The molecule has 0 aliphatic carbocycles. The van der Waals surface area contributed by atoms with Crippen LogP contribution in [0, 0.1) is 17.0 Å². The van der Waals surface area contributed by atoms with Crippen molar-refractivity contribution in [2.45, 2.75) is 20.0 Å². The SMILES string of the molecule is COc1ccc(C)cc1NC(=O)[C@H](C)OC(=O)c1cc([N+](=O)[O-])ccc1NCCO. The van der Waals surface area contributed by atoms with Crippen molar-refractivity contribution in [2.24, 2.45) is 0 Å². The quantitative estimate of drug-likeness (QED) is 0.321. The van der Waals surface area contributed by atoms with E-state index in [1.54, 1.807) is 12.1 Å². The lowest BCUT2D eigenvalue weighted by atomic mass is 10.1. The summed E-state index contributed by atoms with van der Waals surface area (Å²) < 4.78 is 10.4. The predicted octanol–water partition coefficient (Wildman–Crippen LogP) is 2.50. The van der Waals surface area contributed by atoms with E-state index in [9.17, 15) is 19.7 Å². The number of nitro benzene ring substituents is 1. The molecular weight excluding hydrogens is 394 g/mol. The molecule has 3 N–H and O–H groups in total. The molecule has 0 aromatic heterocycles. The maximum absolute atomic E-state index is 12.6. The lowest BCUT2D eigenvalue weighted by Crippen LogP contribution is -2.30. The van der Waals surface area contributed by atoms with Gasteiger partial charge >= 0.3 is 5.97 Å². The van der Waals surface area contributed by atoms with Crippen molar-refractivity contribution in [3.8, 4) is 5.75 Å². The van der Waals surface area contributed by atoms with Crippen LogP contribution in [0.1, 0.15) is 22.8 Å². The number of aryl methyl sites for hydroxylation is 1. The minimum atomic E-state index is -1.19. The molecule has 0 fully saturated rings. The van der Waals surface area contributed by atoms with Crippen molar-refractivity contribution in [1.29, 1.82) is 0 Å². The molecule has 2 aromatic rings. The normalized spacial score (nSPS) is 11.3. The van der Waals surface area contributed by atoms with Gasteiger partial charge in [0.1, 0.15) is 5.75 Å². The molecule has 0 unspecified atom stereocenters. The highest BCUT2D eigenvalue weighted by atomic mass is 16.6. The molecule has 10 heteroatoms. The van der Waals surface area contributed by atoms with E-state index < -0.39 is 22.9 Å². The average molecular weight is 417 g/mol. The van der Waals surface area contributed by atoms with E-state index in [2.05, 4.69) is 10.6 Å². The van der Waals surface area contributed by atoms with Gasteiger partial charge < -0.3 is 25.2 Å². The standard InChI is InChI=1S/C20H23N3O7/c1-12-4-7-18(29-3)17(10-12)22-19(25)13(2)30-20(26)15-11-14(23(27)28)5-6-16(15)21-8-9-24/h4-7,10-11,13,21,24H,8-9H2,1-3H3,(H,22,25)/t13-/m0/s1. The molecular formula is C20H23N3O7. The number of amides is 1. The molecule has 1 atom stereocenters. The average Bonchev–Trinajstić information content (AvgIpc) is 2.72. The van der Waals surface area contributed by atoms with Gasteiger partial charge in [0.2, 0.25) is 0 Å². The minimum absolute atomic E-state index is 0.120. The second kappa shape index (κ2) is 10.2. The summed E-state index contributed by atoms with van der Waals surface area (Å²) in [6.07, 6.45) is -1.19. The largest absolute Gasteiger partial charge is 0.495 e. The van der Waals surface area contributed by atoms with Crippen molar-refractivity contribution in [1.82, 2.24) is 0 Å². The number of hydrogen-bond acceptors (Lipinski definition) is 8. The van der Waals surface area contributed by atoms with Crippen LogP contribution < -0.4 is 15.4 Å². The molecule has 0 spiro atoms. The number of nitrogens with one attached hydrogen (secondary N) is 2. The second-order valence-corrected chi connectivity index (χ2v) is 6.38. The van der Waals surface area contributed by atoms with E-state index >= 15 is 0 Å². The van der Waals surface area contributed by atoms with Crippen LogP contribution in [0.2, 0.25) is 0 Å². The van der Waals surface area contributed by atoms with Crippen LogP contribution in [0.3, 0.4) is 0 Å². The fraction of sp³-hybridized carbons (Fsp3) is 0.300. The minimum Gasteiger partial charge on any atom is -0.495 e. The van der Waals surface area contributed by atoms with Gasteiger partial charge in [-0.2, -0.15) is 0 Å². The van der Waals surface area contributed by atoms with Crippen molar-refractivity contribution in [3.63, 3.8) is 0 Å². The number of benzene rings is 2. The molecule has 0 bridgehead atoms. The second-order valence-electron chi connectivity index (χ2n) is 6.38. The summed E-state index contributed by atoms with van der Waals surface area (Å²) >= 11 is 0. The first kappa shape index (κ1) is 22.6. The number of nitro groups is 1. The Morgan fingerprint density at radius 1 is 1.20 bits per heavy atom. The van der Waals surface area contributed by atoms with Crippen molar-refractivity contribution >= 4 is 28.9 Å². The van der Waals surface area contributed by atoms with E-state index in [-0.39, 0.29) is 30.1 Å². The van der Waals surface area contributed by atoms with Gasteiger partial charge in [0.25, 0.3) is 11.6 Å². The molecule has 2 aromatic carbocycles. The number of nitrogens with zero attached hydrogens (tertiary/aromatic N) is 1. The fourth-order valence-corrected chi connectivity index (χ4v) is 2.59. The first-order valence-corrected chi connectivity index (χ1v) is 9.06. The Morgan fingerprint density at radius 3 is 2.57 bits per heavy atom. The van der Waals surface area contributed by atoms with Gasteiger partial charge in [0.05, 0.1) is 29.9 Å². The van der Waals surface area contributed by atoms with E-state index in [1.165, 1.54) is 26.2 Å². The first-order valence-electron chi connectivity index (χ1n) is 9.06. The third kappa shape index (κ3) is 5.67. The van der Waals surface area contributed by atoms with Crippen molar-refractivity contribution < 1.29 is 29.1 Å². The Kier molecular flexibility index (Phi) is 7.70. The van der Waals surface area contributed by atoms with Crippen LogP contribution >= 0.6 is 0 Å². The van der Waals surface area contributed by atoms with E-state index in [0.717, 1.165) is 11.6 Å². The van der Waals surface area contributed by atoms with Crippen molar-refractivity contribution in [2.75, 3.05) is 30.9 Å². The van der Waals surface area contributed by atoms with Crippen LogP contribution in [0.5, 0.6) is 5.75 Å². The van der Waals surface area contributed by atoms with Gasteiger partial charge in [-0.25, -0.2) is 4.79 Å². The fourth-order valence-electron chi connectivity index (χ4n) is 2.59. The third-order valence-corrected chi connectivity index (χ3v) is 4.13. The van der Waals surface area contributed by atoms with Gasteiger partial charge in [-0.3, -0.25) is 14.9 Å². The number of aliphatic hydroxyl groups excluding tert-OH is 1. The molecule has 0 heterocycles. The lowest BCUT2D eigenvalue weighted by Gasteiger charge is -2.17. The van der Waals surface area contributed by atoms with Crippen LogP contribution in [-0.2, 0) is 9.53 Å². The van der Waals surface area contributed by atoms with Gasteiger partial charge in [0.15, 0.2) is 6.10 Å². The number of carbonyl (C=O) groups is 2. The Morgan fingerprint density at radius 2 is 1.93 bits per heavy atom. The Bertz CT molecular complexity index is 946. The summed E-state index contributed by atoms with van der Waals surface area (Å²) in [7, 11) is 1.47. The molecule has 10 nitrogen and oxygen atoms in total. The molecule has 0 saturated carbocycles.